The van der Waals surface area contributed by atoms with E-state index in [4.69, 9.17) is 9.07 Å². The number of benzene rings is 1. The molecule has 0 heterocycles. The van der Waals surface area contributed by atoms with Crippen molar-refractivity contribution < 1.29 is 63.3 Å². The topological polar surface area (TPSA) is 97.3 Å². The van der Waals surface area contributed by atoms with E-state index in [2.05, 4.69) is 9.37 Å². The fourth-order valence-electron chi connectivity index (χ4n) is 4.96. The first-order valence-corrected chi connectivity index (χ1v) is 9.24. The minimum absolute atomic E-state index is 0. The Morgan fingerprint density at radius 1 is 1.19 bits per heavy atom. The van der Waals surface area contributed by atoms with Crippen LogP contribution in [-0.2, 0) is 25.5 Å². The second-order valence-electron chi connectivity index (χ2n) is 7.24. The van der Waals surface area contributed by atoms with Crippen LogP contribution in [0.2, 0.25) is 0 Å². The van der Waals surface area contributed by atoms with E-state index in [1.807, 2.05) is 19.1 Å². The molecule has 0 aliphatic heterocycles. The second kappa shape index (κ2) is 8.14. The molecule has 2 atom stereocenters. The van der Waals surface area contributed by atoms with Crippen molar-refractivity contribution in [2.75, 3.05) is 0 Å². The summed E-state index contributed by atoms with van der Waals surface area (Å²) in [6.07, 6.45) is 3.88. The zero-order valence-electron chi connectivity index (χ0n) is 15.3. The van der Waals surface area contributed by atoms with Crippen molar-refractivity contribution >= 4 is 23.7 Å². The Morgan fingerprint density at radius 2 is 2.00 bits per heavy atom. The summed E-state index contributed by atoms with van der Waals surface area (Å²) in [7, 11) is 0. The molecule has 9 heteroatoms. The monoisotopic (exact) mass is 402 g/mol. The fraction of sp³-hybridized carbons (Fsp3) is 0.500. The molecule has 0 aromatic heterocycles. The molecule has 3 aliphatic rings. The summed E-state index contributed by atoms with van der Waals surface area (Å²) in [4.78, 5) is 17.6. The summed E-state index contributed by atoms with van der Waals surface area (Å²) >= 11 is 0.458. The molecule has 0 amide bonds. The Morgan fingerprint density at radius 3 is 2.74 bits per heavy atom. The molecule has 140 valence electrons. The third kappa shape index (κ3) is 3.21. The minimum atomic E-state index is -0.903. The van der Waals surface area contributed by atoms with Crippen LogP contribution in [0.25, 0.3) is 5.57 Å². The van der Waals surface area contributed by atoms with Crippen LogP contribution < -0.4 is 39.0 Å². The Bertz CT molecular complexity index is 783. The first-order chi connectivity index (χ1) is 12.6. The van der Waals surface area contributed by atoms with Crippen molar-refractivity contribution in [3.05, 3.63) is 34.9 Å². The van der Waals surface area contributed by atoms with E-state index in [9.17, 15) is 15.3 Å². The van der Waals surface area contributed by atoms with E-state index in [-0.39, 0.29) is 35.3 Å². The van der Waals surface area contributed by atoms with Gasteiger partial charge in [0.1, 0.15) is 17.1 Å². The molecule has 1 aromatic rings. The number of hydrogen-bond donors (Lipinski definition) is 1. The molecule has 0 saturated heterocycles. The normalized spacial score (nSPS) is 28.9. The van der Waals surface area contributed by atoms with Gasteiger partial charge in [0.15, 0.2) is 0 Å². The first-order valence-electron chi connectivity index (χ1n) is 8.57. The van der Waals surface area contributed by atoms with Crippen LogP contribution in [0.5, 0.6) is 5.75 Å². The van der Waals surface area contributed by atoms with E-state index >= 15 is 0 Å². The van der Waals surface area contributed by atoms with Gasteiger partial charge in [0.05, 0.1) is 5.41 Å². The molecule has 4 rings (SSSR count). The largest absolute Gasteiger partial charge is 1.00 e. The number of Topliss-reactive ketones (excluding diaryl/α,β-unsaturated/α-hetero) is 1. The Labute approximate surface area is 183 Å². The number of ketones is 1. The van der Waals surface area contributed by atoms with Crippen LogP contribution in [0.15, 0.2) is 23.8 Å². The van der Waals surface area contributed by atoms with Crippen LogP contribution in [0, 0.1) is 5.41 Å². The van der Waals surface area contributed by atoms with Gasteiger partial charge in [-0.15, -0.1) is 4.33 Å². The van der Waals surface area contributed by atoms with Gasteiger partial charge < -0.3 is 9.44 Å². The van der Waals surface area contributed by atoms with E-state index in [0.29, 0.717) is 37.3 Å². The first kappa shape index (κ1) is 21.3. The van der Waals surface area contributed by atoms with Crippen LogP contribution in [0.4, 0.5) is 0 Å². The number of carbonyl (C=O) groups is 1. The molecule has 0 radical (unpaired) electrons. The molecular weight excluding hydrogens is 383 g/mol. The molecule has 1 fully saturated rings. The molecule has 1 aromatic carbocycles. The fourth-order valence-corrected chi connectivity index (χ4v) is 5.19. The van der Waals surface area contributed by atoms with E-state index < -0.39 is 11.0 Å². The van der Waals surface area contributed by atoms with Gasteiger partial charge in [-0.3, -0.25) is 15.1 Å². The van der Waals surface area contributed by atoms with Crippen molar-refractivity contribution in [1.82, 2.24) is 0 Å². The summed E-state index contributed by atoms with van der Waals surface area (Å²) in [6, 6.07) is 5.65. The summed E-state index contributed by atoms with van der Waals surface area (Å²) in [6.45, 7) is 1.92. The molecular formula is C18H19NaO7S. The molecule has 0 bridgehead atoms. The maximum absolute atomic E-state index is 12.5. The zero-order valence-corrected chi connectivity index (χ0v) is 18.1. The molecule has 1 N–H and O–H groups in total. The number of fused-ring (bicyclic) bond motifs is 4. The summed E-state index contributed by atoms with van der Waals surface area (Å²) in [5.74, 6) is 0.727. The molecule has 2 unspecified atom stereocenters. The van der Waals surface area contributed by atoms with Gasteiger partial charge in [-0.2, -0.15) is 0 Å². The number of aryl methyl sites for hydroxylation is 1. The Hall–Kier alpha value is -0.420. The summed E-state index contributed by atoms with van der Waals surface area (Å²) < 4.78 is 9.35. The van der Waals surface area contributed by atoms with Crippen LogP contribution in [0.3, 0.4) is 0 Å². The number of hydrogen-bond acceptors (Lipinski definition) is 8. The van der Waals surface area contributed by atoms with Gasteiger partial charge in [-0.05, 0) is 73.4 Å². The SMILES string of the molecule is CC12CCC3=C(CCc4cc(OSOO[O-])ccc43)C1(OO)CCC2=O.[Na+]. The third-order valence-corrected chi connectivity index (χ3v) is 6.70. The van der Waals surface area contributed by atoms with Gasteiger partial charge >= 0.3 is 29.6 Å². The maximum atomic E-state index is 12.5. The standard InChI is InChI=1S/C18H20O7S.Na/c1-17-8-6-14-13-4-3-12(22-26-25-24-21)10-11(13)2-5-15(14)18(17,23-20)9-7-16(17)19;/h3-4,10,20-21H,2,5-9H2,1H3;/q;+1/p-1. The average Bonchev–Trinajstić information content (AvgIpc) is 2.93. The average molecular weight is 402 g/mol. The van der Waals surface area contributed by atoms with Crippen LogP contribution in [0.1, 0.15) is 50.2 Å². The summed E-state index contributed by atoms with van der Waals surface area (Å²) in [5.41, 5.74) is 2.87. The second-order valence-corrected chi connectivity index (χ2v) is 7.68. The molecule has 1 saturated carbocycles. The van der Waals surface area contributed by atoms with Gasteiger partial charge in [0.25, 0.3) is 12.3 Å². The predicted molar refractivity (Wildman–Crippen MR) is 90.1 cm³/mol. The third-order valence-electron chi connectivity index (χ3n) is 6.33. The van der Waals surface area contributed by atoms with Crippen molar-refractivity contribution in [2.24, 2.45) is 5.41 Å². The zero-order chi connectivity index (χ0) is 18.4. The Kier molecular flexibility index (Phi) is 6.42. The molecule has 0 spiro atoms. The number of carbonyl (C=O) groups excluding carboxylic acids is 1. The van der Waals surface area contributed by atoms with Gasteiger partial charge in [-0.1, -0.05) is 6.07 Å². The minimum Gasteiger partial charge on any atom is -0.691 e. The summed E-state index contributed by atoms with van der Waals surface area (Å²) in [5, 5.41) is 22.9. The molecule has 27 heavy (non-hydrogen) atoms. The number of rotatable bonds is 5. The van der Waals surface area contributed by atoms with Gasteiger partial charge in [0.2, 0.25) is 0 Å². The van der Waals surface area contributed by atoms with Gasteiger partial charge in [0, 0.05) is 6.42 Å². The van der Waals surface area contributed by atoms with Crippen LogP contribution in [-0.4, -0.2) is 16.6 Å². The van der Waals surface area contributed by atoms with Crippen molar-refractivity contribution in [3.8, 4) is 5.75 Å². The Balaban J connectivity index is 0.00000210. The van der Waals surface area contributed by atoms with E-state index in [1.165, 1.54) is 0 Å². The van der Waals surface area contributed by atoms with Crippen molar-refractivity contribution in [3.63, 3.8) is 0 Å². The molecule has 7 nitrogen and oxygen atoms in total. The maximum Gasteiger partial charge on any atom is 1.00 e. The number of allylic oxidation sites excluding steroid dienone is 1. The van der Waals surface area contributed by atoms with Gasteiger partial charge in [-0.25, -0.2) is 4.89 Å². The van der Waals surface area contributed by atoms with Crippen LogP contribution >= 0.6 is 12.3 Å². The molecule has 3 aliphatic carbocycles. The van der Waals surface area contributed by atoms with Crippen molar-refractivity contribution in [1.29, 1.82) is 0 Å². The van der Waals surface area contributed by atoms with E-state index in [1.54, 1.807) is 6.07 Å². The smallest absolute Gasteiger partial charge is 0.691 e. The van der Waals surface area contributed by atoms with Crippen molar-refractivity contribution in [2.45, 2.75) is 51.0 Å². The quantitative estimate of drug-likeness (QED) is 0.241. The predicted octanol–water partition coefficient (Wildman–Crippen LogP) is -0.0527. The van der Waals surface area contributed by atoms with E-state index in [0.717, 1.165) is 41.5 Å².